The molecular formula is C26H40N2O2. The van der Waals surface area contributed by atoms with Gasteiger partial charge in [-0.1, -0.05) is 53.6 Å². The third-order valence-corrected chi connectivity index (χ3v) is 6.65. The standard InChI is InChI=1S/C26H40N2O2/c1-19-7-5-8-20(13-19)15-23(29)9-10-24-25-16-21(14-22(25)17-26(24)30)18-28(4)12-6-11-27(2)3/h5,7-10,13-14,22-26,29-30H,6,11-12,15-18H2,1-4H3/b10-9+/t22-,23+,24+,25-,26+/m0/s1. The van der Waals surface area contributed by atoms with Crippen molar-refractivity contribution in [1.29, 1.82) is 0 Å². The third kappa shape index (κ3) is 6.52. The highest BCUT2D eigenvalue weighted by Crippen LogP contribution is 2.47. The van der Waals surface area contributed by atoms with Crippen molar-refractivity contribution >= 4 is 0 Å². The number of rotatable bonds is 10. The second kappa shape index (κ2) is 10.7. The summed E-state index contributed by atoms with van der Waals surface area (Å²) >= 11 is 0. The number of allylic oxidation sites excluding steroid dienone is 1. The fourth-order valence-electron chi connectivity index (χ4n) is 5.21. The number of aliphatic hydroxyl groups is 2. The molecule has 1 saturated carbocycles. The van der Waals surface area contributed by atoms with Gasteiger partial charge in [0, 0.05) is 18.9 Å². The van der Waals surface area contributed by atoms with Crippen LogP contribution < -0.4 is 0 Å². The largest absolute Gasteiger partial charge is 0.392 e. The molecular weight excluding hydrogens is 372 g/mol. The van der Waals surface area contributed by atoms with Crippen LogP contribution >= 0.6 is 0 Å². The Labute approximate surface area is 182 Å². The molecule has 4 nitrogen and oxygen atoms in total. The van der Waals surface area contributed by atoms with Gasteiger partial charge < -0.3 is 20.0 Å². The minimum atomic E-state index is -0.505. The fraction of sp³-hybridized carbons (Fsp3) is 0.615. The Hall–Kier alpha value is -1.46. The van der Waals surface area contributed by atoms with Gasteiger partial charge >= 0.3 is 0 Å². The van der Waals surface area contributed by atoms with Crippen LogP contribution in [0.1, 0.15) is 30.4 Å². The first-order valence-electron chi connectivity index (χ1n) is 11.4. The Morgan fingerprint density at radius 1 is 1.20 bits per heavy atom. The Balaban J connectivity index is 1.50. The van der Waals surface area contributed by atoms with Crippen molar-refractivity contribution in [1.82, 2.24) is 9.80 Å². The van der Waals surface area contributed by atoms with E-state index in [0.717, 1.165) is 38.0 Å². The molecule has 3 rings (SSSR count). The van der Waals surface area contributed by atoms with E-state index in [0.29, 0.717) is 18.3 Å². The number of hydrogen-bond donors (Lipinski definition) is 2. The zero-order valence-electron chi connectivity index (χ0n) is 19.2. The molecule has 0 amide bonds. The van der Waals surface area contributed by atoms with Crippen molar-refractivity contribution in [3.05, 3.63) is 59.2 Å². The monoisotopic (exact) mass is 412 g/mol. The molecule has 1 aromatic carbocycles. The summed E-state index contributed by atoms with van der Waals surface area (Å²) in [5.41, 5.74) is 3.89. The summed E-state index contributed by atoms with van der Waals surface area (Å²) in [6.07, 6.45) is 9.35. The Bertz CT molecular complexity index is 742. The van der Waals surface area contributed by atoms with E-state index in [9.17, 15) is 10.2 Å². The number of aliphatic hydroxyl groups excluding tert-OH is 2. The van der Waals surface area contributed by atoms with Crippen molar-refractivity contribution in [2.75, 3.05) is 40.8 Å². The Morgan fingerprint density at radius 2 is 2.00 bits per heavy atom. The maximum absolute atomic E-state index is 10.6. The molecule has 2 N–H and O–H groups in total. The highest BCUT2D eigenvalue weighted by molar-refractivity contribution is 5.24. The molecule has 0 aromatic heterocycles. The zero-order valence-corrected chi connectivity index (χ0v) is 19.2. The van der Waals surface area contributed by atoms with Gasteiger partial charge in [0.25, 0.3) is 0 Å². The van der Waals surface area contributed by atoms with E-state index in [1.54, 1.807) is 0 Å². The molecule has 4 heteroatoms. The van der Waals surface area contributed by atoms with Crippen LogP contribution in [0.25, 0.3) is 0 Å². The van der Waals surface area contributed by atoms with E-state index < -0.39 is 6.10 Å². The summed E-state index contributed by atoms with van der Waals surface area (Å²) in [5.74, 6) is 1.11. The quantitative estimate of drug-likeness (QED) is 0.579. The molecule has 0 unspecified atom stereocenters. The molecule has 1 aromatic rings. The van der Waals surface area contributed by atoms with Crippen molar-refractivity contribution in [3.8, 4) is 0 Å². The predicted molar refractivity (Wildman–Crippen MR) is 124 cm³/mol. The summed E-state index contributed by atoms with van der Waals surface area (Å²) in [6.45, 7) is 5.34. The van der Waals surface area contributed by atoms with E-state index in [4.69, 9.17) is 0 Å². The SMILES string of the molecule is Cc1cccc(C[C@H](O)/C=C/[C@@H]2[C@H]3CC(CN(C)CCCN(C)C)=C[C@H]3C[C@H]2O)c1. The molecule has 30 heavy (non-hydrogen) atoms. The number of benzene rings is 1. The van der Waals surface area contributed by atoms with Gasteiger partial charge in [0.05, 0.1) is 12.2 Å². The summed E-state index contributed by atoms with van der Waals surface area (Å²) in [7, 11) is 6.45. The second-order valence-corrected chi connectivity index (χ2v) is 9.78. The maximum atomic E-state index is 10.6. The van der Waals surface area contributed by atoms with Crippen molar-refractivity contribution in [2.24, 2.45) is 17.8 Å². The van der Waals surface area contributed by atoms with E-state index >= 15 is 0 Å². The number of nitrogens with zero attached hydrogens (tertiary/aromatic N) is 2. The average molecular weight is 413 g/mol. The molecule has 0 heterocycles. The van der Waals surface area contributed by atoms with E-state index in [2.05, 4.69) is 68.2 Å². The molecule has 0 saturated heterocycles. The molecule has 166 valence electrons. The van der Waals surface area contributed by atoms with Crippen LogP contribution in [0.2, 0.25) is 0 Å². The van der Waals surface area contributed by atoms with Crippen LogP contribution in [0.4, 0.5) is 0 Å². The van der Waals surface area contributed by atoms with Gasteiger partial charge in [-0.3, -0.25) is 0 Å². The third-order valence-electron chi connectivity index (χ3n) is 6.65. The van der Waals surface area contributed by atoms with Crippen LogP contribution in [0.5, 0.6) is 0 Å². The lowest BCUT2D eigenvalue weighted by atomic mass is 9.89. The van der Waals surface area contributed by atoms with E-state index in [1.807, 2.05) is 12.1 Å². The first-order chi connectivity index (χ1) is 14.3. The second-order valence-electron chi connectivity index (χ2n) is 9.78. The Morgan fingerprint density at radius 3 is 2.73 bits per heavy atom. The maximum Gasteiger partial charge on any atom is 0.0761 e. The van der Waals surface area contributed by atoms with Crippen LogP contribution in [0, 0.1) is 24.7 Å². The topological polar surface area (TPSA) is 46.9 Å². The molecule has 0 aliphatic heterocycles. The zero-order chi connectivity index (χ0) is 21.7. The lowest BCUT2D eigenvalue weighted by Crippen LogP contribution is -2.26. The smallest absolute Gasteiger partial charge is 0.0761 e. The van der Waals surface area contributed by atoms with Crippen LogP contribution in [0.15, 0.2) is 48.1 Å². The van der Waals surface area contributed by atoms with Crippen molar-refractivity contribution in [2.45, 2.75) is 44.8 Å². The number of fused-ring (bicyclic) bond motifs is 1. The number of aryl methyl sites for hydroxylation is 1. The first-order valence-corrected chi connectivity index (χ1v) is 11.4. The summed E-state index contributed by atoms with van der Waals surface area (Å²) in [6, 6.07) is 8.30. The van der Waals surface area contributed by atoms with E-state index in [1.165, 1.54) is 17.6 Å². The van der Waals surface area contributed by atoms with E-state index in [-0.39, 0.29) is 12.0 Å². The minimum Gasteiger partial charge on any atom is -0.392 e. The molecule has 0 bridgehead atoms. The van der Waals surface area contributed by atoms with Gasteiger partial charge in [-0.15, -0.1) is 0 Å². The summed E-state index contributed by atoms with van der Waals surface area (Å²) in [5, 5.41) is 21.1. The molecule has 0 radical (unpaired) electrons. The number of likely N-dealkylation sites (N-methyl/N-ethyl adjacent to an activating group) is 1. The molecule has 2 aliphatic carbocycles. The fourth-order valence-corrected chi connectivity index (χ4v) is 5.21. The van der Waals surface area contributed by atoms with Crippen molar-refractivity contribution in [3.63, 3.8) is 0 Å². The van der Waals surface area contributed by atoms with Gasteiger partial charge in [0.1, 0.15) is 0 Å². The molecule has 2 aliphatic rings. The summed E-state index contributed by atoms with van der Waals surface area (Å²) in [4.78, 5) is 4.65. The van der Waals surface area contributed by atoms with Gasteiger partial charge in [0.2, 0.25) is 0 Å². The highest BCUT2D eigenvalue weighted by atomic mass is 16.3. The minimum absolute atomic E-state index is 0.148. The van der Waals surface area contributed by atoms with Gasteiger partial charge in [0.15, 0.2) is 0 Å². The molecule has 0 spiro atoms. The van der Waals surface area contributed by atoms with Gasteiger partial charge in [-0.25, -0.2) is 0 Å². The lowest BCUT2D eigenvalue weighted by Gasteiger charge is -2.21. The van der Waals surface area contributed by atoms with Crippen LogP contribution in [-0.2, 0) is 6.42 Å². The molecule has 5 atom stereocenters. The van der Waals surface area contributed by atoms with Gasteiger partial charge in [-0.2, -0.15) is 0 Å². The van der Waals surface area contributed by atoms with Crippen molar-refractivity contribution < 1.29 is 10.2 Å². The van der Waals surface area contributed by atoms with Crippen LogP contribution in [-0.4, -0.2) is 73.0 Å². The predicted octanol–water partition coefficient (Wildman–Crippen LogP) is 3.28. The van der Waals surface area contributed by atoms with Gasteiger partial charge in [-0.05, 0) is 77.8 Å². The molecule has 1 fully saturated rings. The Kier molecular flexibility index (Phi) is 8.29. The number of hydrogen-bond acceptors (Lipinski definition) is 4. The average Bonchev–Trinajstić information content (AvgIpc) is 3.15. The normalized spacial score (nSPS) is 27.3. The van der Waals surface area contributed by atoms with Crippen LogP contribution in [0.3, 0.4) is 0 Å². The highest BCUT2D eigenvalue weighted by Gasteiger charge is 2.43. The lowest BCUT2D eigenvalue weighted by molar-refractivity contribution is 0.139. The first kappa shape index (κ1) is 23.2. The summed E-state index contributed by atoms with van der Waals surface area (Å²) < 4.78 is 0.